The number of fused-ring (bicyclic) bond motifs is 1. The SMILES string of the molecule is Cc1cn2nc(NC3CCN(C(=O)Cn4ccccc4=O)C3)ccc2n1. The molecule has 0 spiro atoms. The van der Waals surface area contributed by atoms with Gasteiger partial charge in [0, 0.05) is 31.4 Å². The molecule has 1 aliphatic heterocycles. The molecule has 0 saturated carbocycles. The molecule has 4 heterocycles. The summed E-state index contributed by atoms with van der Waals surface area (Å²) in [7, 11) is 0. The van der Waals surface area contributed by atoms with Crippen LogP contribution in [0, 0.1) is 6.92 Å². The highest BCUT2D eigenvalue weighted by Crippen LogP contribution is 2.15. The number of nitrogens with one attached hydrogen (secondary N) is 1. The topological polar surface area (TPSA) is 84.5 Å². The van der Waals surface area contributed by atoms with Gasteiger partial charge in [-0.05, 0) is 31.5 Å². The van der Waals surface area contributed by atoms with Gasteiger partial charge in [-0.15, -0.1) is 5.10 Å². The molecular weight excluding hydrogens is 332 g/mol. The monoisotopic (exact) mass is 352 g/mol. The van der Waals surface area contributed by atoms with Crippen molar-refractivity contribution >= 4 is 17.4 Å². The van der Waals surface area contributed by atoms with E-state index in [-0.39, 0.29) is 24.1 Å². The minimum atomic E-state index is -0.164. The summed E-state index contributed by atoms with van der Waals surface area (Å²) >= 11 is 0. The van der Waals surface area contributed by atoms with Gasteiger partial charge in [0.15, 0.2) is 5.65 Å². The van der Waals surface area contributed by atoms with Gasteiger partial charge in [0.25, 0.3) is 5.56 Å². The molecule has 134 valence electrons. The molecule has 3 aromatic rings. The first-order chi connectivity index (χ1) is 12.6. The maximum absolute atomic E-state index is 12.5. The highest BCUT2D eigenvalue weighted by Gasteiger charge is 2.26. The molecule has 4 rings (SSSR count). The number of pyridine rings is 1. The molecule has 0 aromatic carbocycles. The standard InChI is InChI=1S/C18H20N6O2/c1-13-10-24-16(19-13)6-5-15(21-24)20-14-7-9-23(11-14)18(26)12-22-8-3-2-4-17(22)25/h2-6,8,10,14H,7,9,11-12H2,1H3,(H,20,21). The first kappa shape index (κ1) is 16.3. The van der Waals surface area contributed by atoms with Crippen molar-refractivity contribution in [3.63, 3.8) is 0 Å². The fraction of sp³-hybridized carbons (Fsp3) is 0.333. The number of carbonyl (C=O) groups is 1. The number of anilines is 1. The zero-order valence-corrected chi connectivity index (χ0v) is 14.5. The summed E-state index contributed by atoms with van der Waals surface area (Å²) in [5, 5.41) is 7.88. The number of aromatic nitrogens is 4. The smallest absolute Gasteiger partial charge is 0.250 e. The van der Waals surface area contributed by atoms with Crippen LogP contribution in [0.1, 0.15) is 12.1 Å². The van der Waals surface area contributed by atoms with E-state index in [1.165, 1.54) is 10.6 Å². The highest BCUT2D eigenvalue weighted by atomic mass is 16.2. The normalized spacial score (nSPS) is 17.0. The fourth-order valence-corrected chi connectivity index (χ4v) is 3.23. The van der Waals surface area contributed by atoms with Crippen LogP contribution in [0.15, 0.2) is 47.5 Å². The second kappa shape index (κ2) is 6.62. The average Bonchev–Trinajstić information content (AvgIpc) is 3.22. The molecule has 1 saturated heterocycles. The van der Waals surface area contributed by atoms with Crippen LogP contribution in [-0.4, -0.2) is 49.1 Å². The van der Waals surface area contributed by atoms with Gasteiger partial charge in [0.2, 0.25) is 5.91 Å². The van der Waals surface area contributed by atoms with Crippen molar-refractivity contribution in [2.75, 3.05) is 18.4 Å². The lowest BCUT2D eigenvalue weighted by atomic mass is 10.2. The maximum atomic E-state index is 12.5. The fourth-order valence-electron chi connectivity index (χ4n) is 3.23. The van der Waals surface area contributed by atoms with Crippen molar-refractivity contribution in [1.82, 2.24) is 24.1 Å². The lowest BCUT2D eigenvalue weighted by Crippen LogP contribution is -2.36. The third-order valence-electron chi connectivity index (χ3n) is 4.54. The van der Waals surface area contributed by atoms with E-state index in [1.807, 2.05) is 25.3 Å². The number of rotatable bonds is 4. The molecule has 1 atom stereocenters. The zero-order valence-electron chi connectivity index (χ0n) is 14.5. The number of imidazole rings is 1. The third-order valence-corrected chi connectivity index (χ3v) is 4.54. The quantitative estimate of drug-likeness (QED) is 0.755. The van der Waals surface area contributed by atoms with Gasteiger partial charge >= 0.3 is 0 Å². The predicted octanol–water partition coefficient (Wildman–Crippen LogP) is 0.912. The highest BCUT2D eigenvalue weighted by molar-refractivity contribution is 5.76. The Morgan fingerprint density at radius 2 is 2.19 bits per heavy atom. The van der Waals surface area contributed by atoms with E-state index in [4.69, 9.17) is 0 Å². The molecule has 1 fully saturated rings. The van der Waals surface area contributed by atoms with E-state index < -0.39 is 0 Å². The van der Waals surface area contributed by atoms with Crippen LogP contribution in [-0.2, 0) is 11.3 Å². The minimum absolute atomic E-state index is 0.0451. The lowest BCUT2D eigenvalue weighted by molar-refractivity contribution is -0.130. The summed E-state index contributed by atoms with van der Waals surface area (Å²) in [5.74, 6) is 0.713. The number of hydrogen-bond acceptors (Lipinski definition) is 5. The first-order valence-corrected chi connectivity index (χ1v) is 8.61. The summed E-state index contributed by atoms with van der Waals surface area (Å²) < 4.78 is 3.18. The van der Waals surface area contributed by atoms with Crippen LogP contribution in [0.5, 0.6) is 0 Å². The van der Waals surface area contributed by atoms with Gasteiger partial charge in [-0.2, -0.15) is 0 Å². The second-order valence-corrected chi connectivity index (χ2v) is 6.54. The van der Waals surface area contributed by atoms with Gasteiger partial charge < -0.3 is 14.8 Å². The Morgan fingerprint density at radius 1 is 1.31 bits per heavy atom. The van der Waals surface area contributed by atoms with Crippen molar-refractivity contribution in [2.24, 2.45) is 0 Å². The maximum Gasteiger partial charge on any atom is 0.250 e. The molecule has 0 bridgehead atoms. The molecule has 1 N–H and O–H groups in total. The Balaban J connectivity index is 1.39. The summed E-state index contributed by atoms with van der Waals surface area (Å²) in [6.45, 7) is 3.28. The number of nitrogens with zero attached hydrogens (tertiary/aromatic N) is 5. The van der Waals surface area contributed by atoms with Gasteiger partial charge in [0.05, 0.1) is 11.9 Å². The van der Waals surface area contributed by atoms with E-state index in [9.17, 15) is 9.59 Å². The zero-order chi connectivity index (χ0) is 18.1. The molecule has 0 radical (unpaired) electrons. The molecule has 1 amide bonds. The van der Waals surface area contributed by atoms with Crippen molar-refractivity contribution in [2.45, 2.75) is 25.9 Å². The predicted molar refractivity (Wildman–Crippen MR) is 97.0 cm³/mol. The van der Waals surface area contributed by atoms with Crippen LogP contribution < -0.4 is 10.9 Å². The second-order valence-electron chi connectivity index (χ2n) is 6.54. The van der Waals surface area contributed by atoms with E-state index in [0.29, 0.717) is 13.1 Å². The van der Waals surface area contributed by atoms with Crippen molar-refractivity contribution in [3.8, 4) is 0 Å². The number of likely N-dealkylation sites (tertiary alicyclic amines) is 1. The Kier molecular flexibility index (Phi) is 4.16. The van der Waals surface area contributed by atoms with Crippen LogP contribution >= 0.6 is 0 Å². The molecule has 1 aliphatic rings. The van der Waals surface area contributed by atoms with E-state index in [0.717, 1.165) is 23.6 Å². The van der Waals surface area contributed by atoms with Crippen molar-refractivity contribution in [3.05, 3.63) is 58.8 Å². The first-order valence-electron chi connectivity index (χ1n) is 8.61. The molecule has 3 aromatic heterocycles. The van der Waals surface area contributed by atoms with E-state index in [1.54, 1.807) is 27.7 Å². The molecule has 8 heteroatoms. The van der Waals surface area contributed by atoms with Gasteiger partial charge in [-0.3, -0.25) is 9.59 Å². The van der Waals surface area contributed by atoms with Gasteiger partial charge in [-0.1, -0.05) is 6.07 Å². The van der Waals surface area contributed by atoms with E-state index in [2.05, 4.69) is 15.4 Å². The lowest BCUT2D eigenvalue weighted by Gasteiger charge is -2.18. The Bertz CT molecular complexity index is 1010. The Labute approximate surface area is 150 Å². The molecule has 1 unspecified atom stereocenters. The summed E-state index contributed by atoms with van der Waals surface area (Å²) in [6, 6.07) is 8.84. The Hall–Kier alpha value is -3.16. The van der Waals surface area contributed by atoms with E-state index >= 15 is 0 Å². The summed E-state index contributed by atoms with van der Waals surface area (Å²) in [6.07, 6.45) is 4.36. The van der Waals surface area contributed by atoms with Crippen LogP contribution in [0.2, 0.25) is 0 Å². The number of aryl methyl sites for hydroxylation is 1. The number of hydrogen-bond donors (Lipinski definition) is 1. The van der Waals surface area contributed by atoms with Crippen LogP contribution in [0.25, 0.3) is 5.65 Å². The average molecular weight is 352 g/mol. The molecular formula is C18H20N6O2. The molecule has 8 nitrogen and oxygen atoms in total. The van der Waals surface area contributed by atoms with Gasteiger partial charge in [0.1, 0.15) is 12.4 Å². The van der Waals surface area contributed by atoms with Crippen molar-refractivity contribution in [1.29, 1.82) is 0 Å². The number of amides is 1. The molecule has 26 heavy (non-hydrogen) atoms. The third kappa shape index (κ3) is 3.30. The van der Waals surface area contributed by atoms with Gasteiger partial charge in [-0.25, -0.2) is 9.50 Å². The minimum Gasteiger partial charge on any atom is -0.364 e. The van der Waals surface area contributed by atoms with Crippen LogP contribution in [0.3, 0.4) is 0 Å². The largest absolute Gasteiger partial charge is 0.364 e. The van der Waals surface area contributed by atoms with Crippen LogP contribution in [0.4, 0.5) is 5.82 Å². The van der Waals surface area contributed by atoms with Crippen molar-refractivity contribution < 1.29 is 4.79 Å². The summed E-state index contributed by atoms with van der Waals surface area (Å²) in [5.41, 5.74) is 1.57. The summed E-state index contributed by atoms with van der Waals surface area (Å²) in [4.78, 5) is 30.3. The molecule has 0 aliphatic carbocycles. The number of carbonyl (C=O) groups excluding carboxylic acids is 1. The Morgan fingerprint density at radius 3 is 3.04 bits per heavy atom.